The van der Waals surface area contributed by atoms with Crippen LogP contribution < -0.4 is 0 Å². The van der Waals surface area contributed by atoms with Gasteiger partial charge in [0.1, 0.15) is 5.76 Å². The van der Waals surface area contributed by atoms with E-state index in [0.717, 1.165) is 35.5 Å². The van der Waals surface area contributed by atoms with E-state index in [1.165, 1.54) is 0 Å². The summed E-state index contributed by atoms with van der Waals surface area (Å²) >= 11 is 0. The predicted octanol–water partition coefficient (Wildman–Crippen LogP) is 2.68. The Kier molecular flexibility index (Phi) is 4.31. The summed E-state index contributed by atoms with van der Waals surface area (Å²) in [6, 6.07) is 13.1. The molecule has 29 heavy (non-hydrogen) atoms. The number of sulfonamides is 1. The van der Waals surface area contributed by atoms with Gasteiger partial charge >= 0.3 is 0 Å². The molecule has 0 aliphatic carbocycles. The normalized spacial score (nSPS) is 23.6. The summed E-state index contributed by atoms with van der Waals surface area (Å²) in [6.45, 7) is 4.23. The Morgan fingerprint density at radius 2 is 2.03 bits per heavy atom. The number of rotatable bonds is 4. The third kappa shape index (κ3) is 2.99. The third-order valence-corrected chi connectivity index (χ3v) is 7.84. The van der Waals surface area contributed by atoms with Gasteiger partial charge in [-0.05, 0) is 36.6 Å². The molecule has 1 unspecified atom stereocenters. The predicted molar refractivity (Wildman–Crippen MR) is 106 cm³/mol. The number of aromatic nitrogens is 2. The van der Waals surface area contributed by atoms with Crippen molar-refractivity contribution in [2.75, 3.05) is 13.1 Å². The van der Waals surface area contributed by atoms with Crippen molar-refractivity contribution < 1.29 is 12.9 Å². The molecule has 1 aromatic carbocycles. The van der Waals surface area contributed by atoms with E-state index in [2.05, 4.69) is 15.0 Å². The zero-order valence-electron chi connectivity index (χ0n) is 16.2. The van der Waals surface area contributed by atoms with Gasteiger partial charge in [0.05, 0.1) is 16.1 Å². The highest BCUT2D eigenvalue weighted by Crippen LogP contribution is 2.50. The summed E-state index contributed by atoms with van der Waals surface area (Å²) in [7, 11) is -3.58. The molecular weight excluding hydrogens is 388 g/mol. The monoisotopic (exact) mass is 410 g/mol. The molecule has 1 atom stereocenters. The van der Waals surface area contributed by atoms with E-state index in [4.69, 9.17) is 4.52 Å². The van der Waals surface area contributed by atoms with E-state index in [0.29, 0.717) is 24.5 Å². The average Bonchev–Trinajstić information content (AvgIpc) is 3.37. The van der Waals surface area contributed by atoms with Gasteiger partial charge in [0.2, 0.25) is 10.0 Å². The van der Waals surface area contributed by atoms with Crippen molar-refractivity contribution in [3.05, 3.63) is 77.4 Å². The molecule has 7 nitrogen and oxygen atoms in total. The lowest BCUT2D eigenvalue weighted by Gasteiger charge is -2.34. The molecule has 0 bridgehead atoms. The van der Waals surface area contributed by atoms with Crippen LogP contribution in [-0.2, 0) is 28.7 Å². The fourth-order valence-corrected chi connectivity index (χ4v) is 6.65. The molecule has 0 radical (unpaired) electrons. The summed E-state index contributed by atoms with van der Waals surface area (Å²) < 4.78 is 33.8. The largest absolute Gasteiger partial charge is 0.361 e. The third-order valence-electron chi connectivity index (χ3n) is 5.87. The first-order chi connectivity index (χ1) is 14.0. The Labute approximate surface area is 170 Å². The maximum Gasteiger partial charge on any atom is 0.244 e. The second-order valence-electron chi connectivity index (χ2n) is 7.79. The summed E-state index contributed by atoms with van der Waals surface area (Å²) in [4.78, 5) is 6.84. The van der Waals surface area contributed by atoms with E-state index < -0.39 is 15.6 Å². The van der Waals surface area contributed by atoms with Crippen molar-refractivity contribution in [2.24, 2.45) is 0 Å². The molecule has 4 heterocycles. The maximum atomic E-state index is 13.5. The van der Waals surface area contributed by atoms with Crippen molar-refractivity contribution in [3.63, 3.8) is 0 Å². The minimum absolute atomic E-state index is 0.307. The fraction of sp³-hybridized carbons (Fsp3) is 0.333. The zero-order valence-corrected chi connectivity index (χ0v) is 17.0. The quantitative estimate of drug-likeness (QED) is 0.658. The molecule has 0 amide bonds. The first-order valence-corrected chi connectivity index (χ1v) is 11.1. The van der Waals surface area contributed by atoms with Gasteiger partial charge in [-0.2, -0.15) is 4.31 Å². The molecule has 0 N–H and O–H groups in total. The van der Waals surface area contributed by atoms with Crippen molar-refractivity contribution >= 4 is 10.0 Å². The molecule has 1 saturated heterocycles. The fourth-order valence-electron chi connectivity index (χ4n) is 4.60. The lowest BCUT2D eigenvalue weighted by Crippen LogP contribution is -2.45. The van der Waals surface area contributed by atoms with Crippen LogP contribution in [-0.4, -0.2) is 40.9 Å². The van der Waals surface area contributed by atoms with Crippen LogP contribution in [0.4, 0.5) is 0 Å². The van der Waals surface area contributed by atoms with Crippen molar-refractivity contribution in [2.45, 2.75) is 36.9 Å². The number of benzene rings is 1. The molecular formula is C21H22N4O3S. The minimum Gasteiger partial charge on any atom is -0.361 e. The van der Waals surface area contributed by atoms with Gasteiger partial charge in [0, 0.05) is 44.6 Å². The molecule has 150 valence electrons. The van der Waals surface area contributed by atoms with Crippen molar-refractivity contribution in [3.8, 4) is 0 Å². The van der Waals surface area contributed by atoms with E-state index in [1.807, 2.05) is 37.3 Å². The molecule has 1 spiro atoms. The van der Waals surface area contributed by atoms with Crippen LogP contribution in [0.5, 0.6) is 0 Å². The molecule has 0 saturated carbocycles. The summed E-state index contributed by atoms with van der Waals surface area (Å²) in [5.41, 5.74) is 2.06. The van der Waals surface area contributed by atoms with Gasteiger partial charge in [-0.1, -0.05) is 29.4 Å². The van der Waals surface area contributed by atoms with E-state index >= 15 is 0 Å². The van der Waals surface area contributed by atoms with Gasteiger partial charge in [-0.25, -0.2) is 8.42 Å². The van der Waals surface area contributed by atoms with Crippen LogP contribution in [0.2, 0.25) is 0 Å². The zero-order chi connectivity index (χ0) is 20.1. The molecule has 1 fully saturated rings. The summed E-state index contributed by atoms with van der Waals surface area (Å²) in [5.74, 6) is 0.779. The van der Waals surface area contributed by atoms with Crippen LogP contribution in [0, 0.1) is 6.92 Å². The lowest BCUT2D eigenvalue weighted by atomic mass is 9.88. The number of hydrogen-bond donors (Lipinski definition) is 0. The molecule has 2 aliphatic heterocycles. The Hall–Kier alpha value is -2.55. The SMILES string of the molecule is Cc1cc(CN2CCC3(C2)c2ccccc2S(=O)(=O)N3Cc2cccnc2)no1. The molecule has 5 rings (SSSR count). The van der Waals surface area contributed by atoms with E-state index in [-0.39, 0.29) is 0 Å². The van der Waals surface area contributed by atoms with Crippen LogP contribution >= 0.6 is 0 Å². The van der Waals surface area contributed by atoms with Gasteiger partial charge in [-0.15, -0.1) is 0 Å². The maximum absolute atomic E-state index is 13.5. The van der Waals surface area contributed by atoms with Crippen LogP contribution in [0.3, 0.4) is 0 Å². The van der Waals surface area contributed by atoms with Crippen molar-refractivity contribution in [1.29, 1.82) is 0 Å². The Balaban J connectivity index is 1.53. The van der Waals surface area contributed by atoms with E-state index in [9.17, 15) is 8.42 Å². The number of nitrogens with zero attached hydrogens (tertiary/aromatic N) is 4. The van der Waals surface area contributed by atoms with Crippen LogP contribution in [0.25, 0.3) is 0 Å². The van der Waals surface area contributed by atoms with Gasteiger partial charge in [0.25, 0.3) is 0 Å². The Morgan fingerprint density at radius 1 is 1.17 bits per heavy atom. The topological polar surface area (TPSA) is 79.5 Å². The standard InChI is InChI=1S/C21H22N4O3S/c1-16-11-18(23-28-16)14-24-10-8-21(15-24)19-6-2-3-7-20(19)29(26,27)25(21)13-17-5-4-9-22-12-17/h2-7,9,11-12H,8,10,13-15H2,1H3. The Bertz CT molecular complexity index is 1150. The number of likely N-dealkylation sites (tertiary alicyclic amines) is 1. The van der Waals surface area contributed by atoms with Gasteiger partial charge < -0.3 is 4.52 Å². The molecule has 2 aliphatic rings. The number of pyridine rings is 1. The molecule has 3 aromatic rings. The first kappa shape index (κ1) is 18.5. The van der Waals surface area contributed by atoms with Crippen LogP contribution in [0.15, 0.2) is 64.3 Å². The minimum atomic E-state index is -3.58. The first-order valence-electron chi connectivity index (χ1n) is 9.65. The van der Waals surface area contributed by atoms with Gasteiger partial charge in [0.15, 0.2) is 0 Å². The number of fused-ring (bicyclic) bond motifs is 2. The highest BCUT2D eigenvalue weighted by molar-refractivity contribution is 7.89. The highest BCUT2D eigenvalue weighted by atomic mass is 32.2. The second-order valence-corrected chi connectivity index (χ2v) is 9.62. The number of hydrogen-bond acceptors (Lipinski definition) is 6. The molecule has 8 heteroatoms. The van der Waals surface area contributed by atoms with Gasteiger partial charge in [-0.3, -0.25) is 9.88 Å². The second kappa shape index (κ2) is 6.76. The average molecular weight is 410 g/mol. The number of aryl methyl sites for hydroxylation is 1. The highest BCUT2D eigenvalue weighted by Gasteiger charge is 2.56. The summed E-state index contributed by atoms with van der Waals surface area (Å²) in [6.07, 6.45) is 4.17. The van der Waals surface area contributed by atoms with Crippen LogP contribution in [0.1, 0.15) is 29.0 Å². The van der Waals surface area contributed by atoms with Crippen molar-refractivity contribution in [1.82, 2.24) is 19.3 Å². The van der Waals surface area contributed by atoms with E-state index in [1.54, 1.807) is 28.8 Å². The lowest BCUT2D eigenvalue weighted by molar-refractivity contribution is 0.183. The molecule has 2 aromatic heterocycles. The summed E-state index contributed by atoms with van der Waals surface area (Å²) in [5, 5.41) is 4.10. The Morgan fingerprint density at radius 3 is 2.79 bits per heavy atom. The smallest absolute Gasteiger partial charge is 0.244 e.